The molecule has 2 rings (SSSR count). The number of β-lactam (4-membered cyclic amide) rings is 1. The number of rotatable bonds is 2. The molecule has 0 aromatic carbocycles. The maximum Gasteiger partial charge on any atom is 0.242 e. The van der Waals surface area contributed by atoms with Crippen LogP contribution in [0.5, 0.6) is 0 Å². The van der Waals surface area contributed by atoms with Crippen LogP contribution in [0.15, 0.2) is 10.5 Å². The molecule has 2 heterocycles. The molecule has 84 valence electrons. The number of carbonyl (C=O) groups is 1. The van der Waals surface area contributed by atoms with Crippen molar-refractivity contribution in [3.8, 4) is 0 Å². The average Bonchev–Trinajstić information content (AvgIpc) is 2.37. The van der Waals surface area contributed by atoms with Crippen molar-refractivity contribution in [1.82, 2.24) is 5.32 Å². The molecule has 1 amide bonds. The molecule has 0 radical (unpaired) electrons. The van der Waals surface area contributed by atoms with Crippen LogP contribution in [0.25, 0.3) is 0 Å². The van der Waals surface area contributed by atoms with Gasteiger partial charge in [-0.15, -0.1) is 11.8 Å². The number of aliphatic hydroxyl groups is 1. The summed E-state index contributed by atoms with van der Waals surface area (Å²) in [6.07, 6.45) is -0.575. The minimum Gasteiger partial charge on any atom is -0.391 e. The van der Waals surface area contributed by atoms with E-state index in [2.05, 4.69) is 5.32 Å². The predicted molar refractivity (Wildman–Crippen MR) is 61.5 cm³/mol. The highest BCUT2D eigenvalue weighted by Crippen LogP contribution is 2.53. The predicted octanol–water partition coefficient (Wildman–Crippen LogP) is 1.28. The summed E-state index contributed by atoms with van der Waals surface area (Å²) in [5.41, 5.74) is 1.19. The van der Waals surface area contributed by atoms with Crippen molar-refractivity contribution < 1.29 is 9.90 Å². The van der Waals surface area contributed by atoms with Gasteiger partial charge in [0, 0.05) is 0 Å². The zero-order chi connectivity index (χ0) is 11.4. The van der Waals surface area contributed by atoms with Gasteiger partial charge in [-0.25, -0.2) is 0 Å². The van der Waals surface area contributed by atoms with Crippen LogP contribution in [0.2, 0.25) is 0 Å². The van der Waals surface area contributed by atoms with Crippen molar-refractivity contribution >= 4 is 17.7 Å². The fraction of sp³-hybridized carbons (Fsp3) is 0.727. The standard InChI is InChI=1S/C11H17NO2S/c1-5(2)9(13)11-8(12-10(11)14)6(3)7(4)15-11/h5,8-9,13H,1-4H3,(H,12,14)/t8-,9-,11-/m0/s1. The lowest BCUT2D eigenvalue weighted by molar-refractivity contribution is -0.137. The summed E-state index contributed by atoms with van der Waals surface area (Å²) in [6.45, 7) is 7.94. The van der Waals surface area contributed by atoms with Crippen LogP contribution in [-0.2, 0) is 4.79 Å². The molecule has 2 N–H and O–H groups in total. The molecule has 3 atom stereocenters. The van der Waals surface area contributed by atoms with Crippen LogP contribution in [0.1, 0.15) is 27.7 Å². The molecule has 0 bridgehead atoms. The SMILES string of the molecule is CC1=C(C)[C@@H]2NC(=O)[C@]2([C@@H](O)C(C)C)S1. The van der Waals surface area contributed by atoms with Crippen molar-refractivity contribution in [2.24, 2.45) is 5.92 Å². The monoisotopic (exact) mass is 227 g/mol. The van der Waals surface area contributed by atoms with Crippen LogP contribution in [0, 0.1) is 5.92 Å². The molecule has 0 saturated carbocycles. The Balaban J connectivity index is 2.33. The third-order valence-electron chi connectivity index (χ3n) is 3.44. The lowest BCUT2D eigenvalue weighted by Gasteiger charge is -2.48. The van der Waals surface area contributed by atoms with Crippen LogP contribution in [-0.4, -0.2) is 27.9 Å². The fourth-order valence-corrected chi connectivity index (χ4v) is 4.02. The largest absolute Gasteiger partial charge is 0.391 e. The van der Waals surface area contributed by atoms with Gasteiger partial charge < -0.3 is 10.4 Å². The number of hydrogen-bond donors (Lipinski definition) is 2. The van der Waals surface area contributed by atoms with Crippen molar-refractivity contribution in [2.45, 2.75) is 44.6 Å². The molecule has 0 unspecified atom stereocenters. The van der Waals surface area contributed by atoms with Gasteiger partial charge in [-0.05, 0) is 30.2 Å². The van der Waals surface area contributed by atoms with Gasteiger partial charge in [-0.1, -0.05) is 13.8 Å². The third-order valence-corrected chi connectivity index (χ3v) is 5.07. The van der Waals surface area contributed by atoms with E-state index in [1.54, 1.807) is 0 Å². The summed E-state index contributed by atoms with van der Waals surface area (Å²) in [6, 6.07) is 0.0346. The minimum atomic E-state index is -0.637. The average molecular weight is 227 g/mol. The summed E-state index contributed by atoms with van der Waals surface area (Å²) in [7, 11) is 0. The summed E-state index contributed by atoms with van der Waals surface area (Å²) in [5.74, 6) is 0.0830. The molecular formula is C11H17NO2S. The fourth-order valence-electron chi connectivity index (χ4n) is 2.34. The smallest absolute Gasteiger partial charge is 0.242 e. The summed E-state index contributed by atoms with van der Waals surface area (Å²) >= 11 is 1.53. The first-order valence-electron chi connectivity index (χ1n) is 5.26. The number of nitrogens with one attached hydrogen (secondary N) is 1. The number of carbonyl (C=O) groups excluding carboxylic acids is 1. The molecule has 3 nitrogen and oxygen atoms in total. The van der Waals surface area contributed by atoms with E-state index in [9.17, 15) is 9.90 Å². The lowest BCUT2D eigenvalue weighted by atomic mass is 9.77. The molecule has 0 aliphatic carbocycles. The van der Waals surface area contributed by atoms with Gasteiger partial charge in [0.1, 0.15) is 4.75 Å². The minimum absolute atomic E-state index is 0.0186. The Hall–Kier alpha value is -0.480. The van der Waals surface area contributed by atoms with Crippen LogP contribution in [0.4, 0.5) is 0 Å². The van der Waals surface area contributed by atoms with E-state index in [0.29, 0.717) is 0 Å². The van der Waals surface area contributed by atoms with Gasteiger partial charge in [-0.2, -0.15) is 0 Å². The van der Waals surface area contributed by atoms with E-state index >= 15 is 0 Å². The molecule has 2 aliphatic rings. The van der Waals surface area contributed by atoms with Gasteiger partial charge in [0.05, 0.1) is 12.1 Å². The molecule has 1 saturated heterocycles. The Bertz CT molecular complexity index is 350. The number of aliphatic hydroxyl groups excluding tert-OH is 1. The van der Waals surface area contributed by atoms with E-state index in [0.717, 1.165) is 4.91 Å². The molecule has 15 heavy (non-hydrogen) atoms. The molecule has 1 fully saturated rings. The highest BCUT2D eigenvalue weighted by Gasteiger charge is 2.64. The molecule has 0 spiro atoms. The van der Waals surface area contributed by atoms with E-state index in [1.807, 2.05) is 27.7 Å². The second-order valence-electron chi connectivity index (χ2n) is 4.73. The first-order valence-corrected chi connectivity index (χ1v) is 6.08. The van der Waals surface area contributed by atoms with Crippen molar-refractivity contribution in [1.29, 1.82) is 0 Å². The maximum absolute atomic E-state index is 11.8. The Kier molecular flexibility index (Phi) is 2.39. The van der Waals surface area contributed by atoms with Gasteiger partial charge in [0.25, 0.3) is 0 Å². The van der Waals surface area contributed by atoms with Crippen LogP contribution in [0.3, 0.4) is 0 Å². The first-order chi connectivity index (χ1) is 6.91. The van der Waals surface area contributed by atoms with Crippen molar-refractivity contribution in [2.75, 3.05) is 0 Å². The highest BCUT2D eigenvalue weighted by molar-refractivity contribution is 8.05. The molecular weight excluding hydrogens is 210 g/mol. The number of thioether (sulfide) groups is 1. The van der Waals surface area contributed by atoms with Crippen LogP contribution >= 0.6 is 11.8 Å². The summed E-state index contributed by atoms with van der Waals surface area (Å²) < 4.78 is -0.637. The molecule has 0 aromatic rings. The van der Waals surface area contributed by atoms with E-state index < -0.39 is 10.9 Å². The zero-order valence-corrected chi connectivity index (χ0v) is 10.3. The molecule has 0 aromatic heterocycles. The normalized spacial score (nSPS) is 36.4. The van der Waals surface area contributed by atoms with E-state index in [-0.39, 0.29) is 17.9 Å². The third kappa shape index (κ3) is 1.21. The topological polar surface area (TPSA) is 49.3 Å². The Morgan fingerprint density at radius 3 is 2.47 bits per heavy atom. The van der Waals surface area contributed by atoms with E-state index in [4.69, 9.17) is 0 Å². The Morgan fingerprint density at radius 2 is 2.07 bits per heavy atom. The number of hydrogen-bond acceptors (Lipinski definition) is 3. The van der Waals surface area contributed by atoms with E-state index in [1.165, 1.54) is 17.3 Å². The zero-order valence-electron chi connectivity index (χ0n) is 9.50. The van der Waals surface area contributed by atoms with Gasteiger partial charge >= 0.3 is 0 Å². The number of allylic oxidation sites excluding steroid dienone is 1. The van der Waals surface area contributed by atoms with Crippen molar-refractivity contribution in [3.63, 3.8) is 0 Å². The van der Waals surface area contributed by atoms with Gasteiger partial charge in [0.2, 0.25) is 5.91 Å². The lowest BCUT2D eigenvalue weighted by Crippen LogP contribution is -2.74. The van der Waals surface area contributed by atoms with Gasteiger partial charge in [-0.3, -0.25) is 4.79 Å². The molecule has 4 heteroatoms. The second-order valence-corrected chi connectivity index (χ2v) is 6.22. The summed E-state index contributed by atoms with van der Waals surface area (Å²) in [5, 5.41) is 13.1. The van der Waals surface area contributed by atoms with Gasteiger partial charge in [0.15, 0.2) is 0 Å². The highest BCUT2D eigenvalue weighted by atomic mass is 32.2. The van der Waals surface area contributed by atoms with Crippen molar-refractivity contribution in [3.05, 3.63) is 10.5 Å². The molecule has 2 aliphatic heterocycles. The Labute approximate surface area is 94.3 Å². The van der Waals surface area contributed by atoms with Crippen LogP contribution < -0.4 is 5.32 Å². The first kappa shape index (κ1) is 11.0. The Morgan fingerprint density at radius 1 is 1.47 bits per heavy atom. The number of amides is 1. The maximum atomic E-state index is 11.8. The summed E-state index contributed by atoms with van der Waals surface area (Å²) in [4.78, 5) is 12.9. The quantitative estimate of drug-likeness (QED) is 0.699. The second kappa shape index (κ2) is 3.25. The number of fused-ring (bicyclic) bond motifs is 1.